The summed E-state index contributed by atoms with van der Waals surface area (Å²) in [6.45, 7) is 6.35. The molecular formula is C20H25NO3. The van der Waals surface area contributed by atoms with Crippen LogP contribution in [0.15, 0.2) is 42.5 Å². The van der Waals surface area contributed by atoms with E-state index >= 15 is 0 Å². The van der Waals surface area contributed by atoms with Crippen molar-refractivity contribution in [3.63, 3.8) is 0 Å². The van der Waals surface area contributed by atoms with Crippen LogP contribution in [-0.2, 0) is 11.3 Å². The molecule has 0 heterocycles. The first-order valence-electron chi connectivity index (χ1n) is 8.03. The second-order valence-electron chi connectivity index (χ2n) is 6.00. The average Bonchev–Trinajstić information content (AvgIpc) is 2.58. The van der Waals surface area contributed by atoms with Crippen LogP contribution in [0.1, 0.15) is 23.6 Å². The van der Waals surface area contributed by atoms with Crippen molar-refractivity contribution in [1.82, 2.24) is 4.90 Å². The van der Waals surface area contributed by atoms with Crippen LogP contribution in [0.3, 0.4) is 0 Å². The van der Waals surface area contributed by atoms with Crippen molar-refractivity contribution < 1.29 is 14.3 Å². The Balaban J connectivity index is 1.99. The normalized spacial score (nSPS) is 11.7. The van der Waals surface area contributed by atoms with Crippen molar-refractivity contribution in [1.29, 1.82) is 0 Å². The molecule has 0 aliphatic carbocycles. The molecule has 0 bridgehead atoms. The first-order chi connectivity index (χ1) is 11.4. The molecule has 2 rings (SSSR count). The Morgan fingerprint density at radius 1 is 1.12 bits per heavy atom. The van der Waals surface area contributed by atoms with Crippen molar-refractivity contribution in [2.45, 2.75) is 33.4 Å². The van der Waals surface area contributed by atoms with Crippen LogP contribution in [0, 0.1) is 13.8 Å². The first kappa shape index (κ1) is 17.9. The third-order valence-electron chi connectivity index (χ3n) is 4.16. The summed E-state index contributed by atoms with van der Waals surface area (Å²) in [4.78, 5) is 14.2. The van der Waals surface area contributed by atoms with E-state index < -0.39 is 6.10 Å². The summed E-state index contributed by atoms with van der Waals surface area (Å²) < 4.78 is 11.0. The van der Waals surface area contributed by atoms with Crippen LogP contribution in [-0.4, -0.2) is 31.1 Å². The Labute approximate surface area is 144 Å². The standard InChI is InChI=1S/C20H25NO3/c1-14-7-6-8-19(15(14)2)24-16(3)20(22)21(4)13-17-9-11-18(23-5)12-10-17/h6-12,16H,13H2,1-5H3. The van der Waals surface area contributed by atoms with Gasteiger partial charge in [0.05, 0.1) is 7.11 Å². The fraction of sp³-hybridized carbons (Fsp3) is 0.350. The monoisotopic (exact) mass is 327 g/mol. The zero-order chi connectivity index (χ0) is 17.7. The Morgan fingerprint density at radius 2 is 1.79 bits per heavy atom. The number of ether oxygens (including phenoxy) is 2. The summed E-state index contributed by atoms with van der Waals surface area (Å²) in [5.74, 6) is 1.51. The Morgan fingerprint density at radius 3 is 2.42 bits per heavy atom. The van der Waals surface area contributed by atoms with E-state index in [2.05, 4.69) is 0 Å². The number of hydrogen-bond acceptors (Lipinski definition) is 3. The van der Waals surface area contributed by atoms with Gasteiger partial charge in [0, 0.05) is 13.6 Å². The van der Waals surface area contributed by atoms with E-state index in [0.717, 1.165) is 28.2 Å². The number of amides is 1. The SMILES string of the molecule is COc1ccc(CN(C)C(=O)C(C)Oc2cccc(C)c2C)cc1. The van der Waals surface area contributed by atoms with E-state index in [-0.39, 0.29) is 5.91 Å². The molecule has 0 saturated carbocycles. The number of hydrogen-bond donors (Lipinski definition) is 0. The van der Waals surface area contributed by atoms with Gasteiger partial charge in [-0.2, -0.15) is 0 Å². The minimum atomic E-state index is -0.534. The topological polar surface area (TPSA) is 38.8 Å². The molecule has 4 nitrogen and oxygen atoms in total. The predicted octanol–water partition coefficient (Wildman–Crippen LogP) is 3.74. The molecule has 2 aromatic carbocycles. The highest BCUT2D eigenvalue weighted by Gasteiger charge is 2.20. The lowest BCUT2D eigenvalue weighted by molar-refractivity contribution is -0.137. The lowest BCUT2D eigenvalue weighted by atomic mass is 10.1. The van der Waals surface area contributed by atoms with Gasteiger partial charge in [-0.1, -0.05) is 24.3 Å². The molecule has 1 atom stereocenters. The zero-order valence-electron chi connectivity index (χ0n) is 15.0. The molecule has 0 aliphatic heterocycles. The number of carbonyl (C=O) groups excluding carboxylic acids is 1. The quantitative estimate of drug-likeness (QED) is 0.811. The number of methoxy groups -OCH3 is 1. The number of nitrogens with zero attached hydrogens (tertiary/aromatic N) is 1. The summed E-state index contributed by atoms with van der Waals surface area (Å²) in [5, 5.41) is 0. The summed E-state index contributed by atoms with van der Waals surface area (Å²) in [6, 6.07) is 13.6. The third kappa shape index (κ3) is 4.28. The molecule has 0 spiro atoms. The highest BCUT2D eigenvalue weighted by molar-refractivity contribution is 5.80. The molecule has 0 N–H and O–H groups in total. The fourth-order valence-electron chi connectivity index (χ4n) is 2.49. The summed E-state index contributed by atoms with van der Waals surface area (Å²) >= 11 is 0. The van der Waals surface area contributed by atoms with Crippen molar-refractivity contribution in [3.05, 3.63) is 59.2 Å². The highest BCUT2D eigenvalue weighted by Crippen LogP contribution is 2.22. The highest BCUT2D eigenvalue weighted by atomic mass is 16.5. The van der Waals surface area contributed by atoms with Gasteiger partial charge < -0.3 is 14.4 Å². The van der Waals surface area contributed by atoms with E-state index in [1.54, 1.807) is 26.0 Å². The van der Waals surface area contributed by atoms with E-state index in [1.165, 1.54) is 0 Å². The molecule has 1 unspecified atom stereocenters. The average molecular weight is 327 g/mol. The first-order valence-corrected chi connectivity index (χ1v) is 8.03. The van der Waals surface area contributed by atoms with E-state index in [0.29, 0.717) is 6.54 Å². The van der Waals surface area contributed by atoms with Gasteiger partial charge in [0.1, 0.15) is 11.5 Å². The number of benzene rings is 2. The molecule has 0 fully saturated rings. The molecule has 2 aromatic rings. The number of aryl methyl sites for hydroxylation is 1. The molecule has 0 radical (unpaired) electrons. The summed E-state index contributed by atoms with van der Waals surface area (Å²) in [6.07, 6.45) is -0.534. The van der Waals surface area contributed by atoms with Crippen LogP contribution < -0.4 is 9.47 Å². The second kappa shape index (κ2) is 7.86. The van der Waals surface area contributed by atoms with Gasteiger partial charge in [0.15, 0.2) is 6.10 Å². The maximum atomic E-state index is 12.5. The minimum absolute atomic E-state index is 0.0493. The van der Waals surface area contributed by atoms with Gasteiger partial charge >= 0.3 is 0 Å². The smallest absolute Gasteiger partial charge is 0.263 e. The van der Waals surface area contributed by atoms with Crippen LogP contribution in [0.25, 0.3) is 0 Å². The van der Waals surface area contributed by atoms with Crippen molar-refractivity contribution in [3.8, 4) is 11.5 Å². The number of likely N-dealkylation sites (N-methyl/N-ethyl adjacent to an activating group) is 1. The molecule has 1 amide bonds. The third-order valence-corrected chi connectivity index (χ3v) is 4.16. The van der Waals surface area contributed by atoms with Crippen molar-refractivity contribution in [2.24, 2.45) is 0 Å². The van der Waals surface area contributed by atoms with Gasteiger partial charge in [-0.25, -0.2) is 0 Å². The van der Waals surface area contributed by atoms with Crippen LogP contribution in [0.4, 0.5) is 0 Å². The summed E-state index contributed by atoms with van der Waals surface area (Å²) in [7, 11) is 3.42. The number of rotatable bonds is 6. The maximum absolute atomic E-state index is 12.5. The Kier molecular flexibility index (Phi) is 5.85. The van der Waals surface area contributed by atoms with Gasteiger partial charge in [0.25, 0.3) is 5.91 Å². The van der Waals surface area contributed by atoms with Gasteiger partial charge in [-0.3, -0.25) is 4.79 Å². The maximum Gasteiger partial charge on any atom is 0.263 e. The molecule has 0 aliphatic rings. The zero-order valence-corrected chi connectivity index (χ0v) is 15.0. The van der Waals surface area contributed by atoms with Gasteiger partial charge in [0.2, 0.25) is 0 Å². The lowest BCUT2D eigenvalue weighted by Crippen LogP contribution is -2.37. The lowest BCUT2D eigenvalue weighted by Gasteiger charge is -2.23. The Hall–Kier alpha value is -2.49. The minimum Gasteiger partial charge on any atom is -0.497 e. The molecule has 24 heavy (non-hydrogen) atoms. The predicted molar refractivity (Wildman–Crippen MR) is 95.5 cm³/mol. The van der Waals surface area contributed by atoms with Gasteiger partial charge in [-0.05, 0) is 55.7 Å². The molecule has 4 heteroatoms. The van der Waals surface area contributed by atoms with Gasteiger partial charge in [-0.15, -0.1) is 0 Å². The Bertz CT molecular complexity index is 695. The number of carbonyl (C=O) groups is 1. The van der Waals surface area contributed by atoms with E-state index in [1.807, 2.05) is 56.3 Å². The van der Waals surface area contributed by atoms with E-state index in [4.69, 9.17) is 9.47 Å². The fourth-order valence-corrected chi connectivity index (χ4v) is 2.49. The molecular weight excluding hydrogens is 302 g/mol. The molecule has 0 aromatic heterocycles. The van der Waals surface area contributed by atoms with E-state index in [9.17, 15) is 4.79 Å². The summed E-state index contributed by atoms with van der Waals surface area (Å²) in [5.41, 5.74) is 3.26. The van der Waals surface area contributed by atoms with Crippen molar-refractivity contribution >= 4 is 5.91 Å². The van der Waals surface area contributed by atoms with Crippen LogP contribution in [0.2, 0.25) is 0 Å². The van der Waals surface area contributed by atoms with Crippen LogP contribution >= 0.6 is 0 Å². The van der Waals surface area contributed by atoms with Crippen molar-refractivity contribution in [2.75, 3.05) is 14.2 Å². The largest absolute Gasteiger partial charge is 0.497 e. The molecule has 128 valence electrons. The molecule has 0 saturated heterocycles. The second-order valence-corrected chi connectivity index (χ2v) is 6.00. The van der Waals surface area contributed by atoms with Crippen LogP contribution in [0.5, 0.6) is 11.5 Å².